The third-order valence-electron chi connectivity index (χ3n) is 2.49. The molecule has 0 aliphatic heterocycles. The van der Waals surface area contributed by atoms with Gasteiger partial charge in [0.05, 0.1) is 26.2 Å². The summed E-state index contributed by atoms with van der Waals surface area (Å²) >= 11 is 0. The van der Waals surface area contributed by atoms with Crippen LogP contribution in [0.1, 0.15) is 5.76 Å². The molecule has 0 saturated carbocycles. The highest BCUT2D eigenvalue weighted by molar-refractivity contribution is 5.85. The third kappa shape index (κ3) is 1.85. The van der Waals surface area contributed by atoms with Gasteiger partial charge in [0.2, 0.25) is 5.75 Å². The normalized spacial score (nSPS) is 10.5. The number of hydrogen-bond donors (Lipinski definition) is 1. The van der Waals surface area contributed by atoms with Crippen LogP contribution in [0.4, 0.5) is 0 Å². The highest BCUT2D eigenvalue weighted by atomic mass is 16.5. The van der Waals surface area contributed by atoms with E-state index in [2.05, 4.69) is 0 Å². The van der Waals surface area contributed by atoms with E-state index in [0.29, 0.717) is 28.2 Å². The van der Waals surface area contributed by atoms with Crippen LogP contribution in [0.15, 0.2) is 27.4 Å². The molecule has 1 aromatic carbocycles. The Bertz CT molecular complexity index is 603. The molecular weight excluding hydrogens is 222 g/mol. The lowest BCUT2D eigenvalue weighted by molar-refractivity contribution is 0.351. The molecule has 0 spiro atoms. The van der Waals surface area contributed by atoms with E-state index < -0.39 is 0 Å². The van der Waals surface area contributed by atoms with Gasteiger partial charge in [0.1, 0.15) is 5.76 Å². The second-order valence-corrected chi connectivity index (χ2v) is 3.46. The van der Waals surface area contributed by atoms with Crippen LogP contribution in [0.5, 0.6) is 11.5 Å². The number of fused-ring (bicyclic) bond motifs is 1. The van der Waals surface area contributed by atoms with Gasteiger partial charge in [-0.05, 0) is 12.1 Å². The zero-order valence-corrected chi connectivity index (χ0v) is 9.65. The Kier molecular flexibility index (Phi) is 3.01. The number of nitrogens with two attached hydrogens (primary N) is 1. The molecule has 0 atom stereocenters. The van der Waals surface area contributed by atoms with E-state index in [0.717, 1.165) is 0 Å². The van der Waals surface area contributed by atoms with Crippen molar-refractivity contribution in [1.29, 1.82) is 0 Å². The van der Waals surface area contributed by atoms with Gasteiger partial charge in [0.25, 0.3) is 0 Å². The number of rotatable bonds is 3. The molecule has 0 aliphatic carbocycles. The summed E-state index contributed by atoms with van der Waals surface area (Å²) < 4.78 is 15.9. The minimum atomic E-state index is -0.146. The van der Waals surface area contributed by atoms with Crippen molar-refractivity contribution in [2.24, 2.45) is 5.73 Å². The standard InChI is InChI=1S/C12H13NO4/c1-15-10-4-3-8-9(14)5-7(6-13)17-11(8)12(10)16-2/h3-5H,6,13H2,1-2H3. The molecule has 2 rings (SSSR count). The Hall–Kier alpha value is -2.01. The average molecular weight is 235 g/mol. The van der Waals surface area contributed by atoms with Crippen molar-refractivity contribution in [2.45, 2.75) is 6.54 Å². The Morgan fingerprint density at radius 2 is 2.06 bits per heavy atom. The van der Waals surface area contributed by atoms with Crippen LogP contribution in [0.3, 0.4) is 0 Å². The summed E-state index contributed by atoms with van der Waals surface area (Å²) in [7, 11) is 3.01. The highest BCUT2D eigenvalue weighted by Crippen LogP contribution is 2.34. The number of methoxy groups -OCH3 is 2. The summed E-state index contributed by atoms with van der Waals surface area (Å²) in [5.41, 5.74) is 5.68. The third-order valence-corrected chi connectivity index (χ3v) is 2.49. The summed E-state index contributed by atoms with van der Waals surface area (Å²) in [6.07, 6.45) is 0. The predicted octanol–water partition coefficient (Wildman–Crippen LogP) is 1.27. The Balaban J connectivity index is 2.86. The molecule has 2 aromatic rings. The van der Waals surface area contributed by atoms with Gasteiger partial charge in [-0.2, -0.15) is 0 Å². The van der Waals surface area contributed by atoms with E-state index in [1.165, 1.54) is 20.3 Å². The van der Waals surface area contributed by atoms with Crippen molar-refractivity contribution in [2.75, 3.05) is 14.2 Å². The maximum atomic E-state index is 11.8. The molecule has 17 heavy (non-hydrogen) atoms. The summed E-state index contributed by atoms with van der Waals surface area (Å²) in [6.45, 7) is 0.158. The summed E-state index contributed by atoms with van der Waals surface area (Å²) in [6, 6.07) is 4.69. The molecule has 0 bridgehead atoms. The lowest BCUT2D eigenvalue weighted by Crippen LogP contribution is -2.06. The first-order chi connectivity index (χ1) is 8.21. The Labute approximate surface area is 97.7 Å². The highest BCUT2D eigenvalue weighted by Gasteiger charge is 2.14. The predicted molar refractivity (Wildman–Crippen MR) is 63.5 cm³/mol. The van der Waals surface area contributed by atoms with Gasteiger partial charge in [-0.15, -0.1) is 0 Å². The van der Waals surface area contributed by atoms with Crippen molar-refractivity contribution in [3.05, 3.63) is 34.2 Å². The summed E-state index contributed by atoms with van der Waals surface area (Å²) in [5.74, 6) is 1.32. The first-order valence-electron chi connectivity index (χ1n) is 5.09. The van der Waals surface area contributed by atoms with Gasteiger partial charge in [-0.3, -0.25) is 4.79 Å². The molecule has 0 fully saturated rings. The minimum Gasteiger partial charge on any atom is -0.493 e. The molecule has 0 saturated heterocycles. The van der Waals surface area contributed by atoms with E-state index in [1.54, 1.807) is 12.1 Å². The van der Waals surface area contributed by atoms with Gasteiger partial charge < -0.3 is 19.6 Å². The van der Waals surface area contributed by atoms with Crippen molar-refractivity contribution >= 4 is 11.0 Å². The van der Waals surface area contributed by atoms with Gasteiger partial charge in [-0.25, -0.2) is 0 Å². The molecule has 0 amide bonds. The molecule has 0 aliphatic rings. The molecule has 2 N–H and O–H groups in total. The van der Waals surface area contributed by atoms with E-state index in [1.807, 2.05) is 0 Å². The van der Waals surface area contributed by atoms with Crippen LogP contribution >= 0.6 is 0 Å². The minimum absolute atomic E-state index is 0.146. The van der Waals surface area contributed by atoms with Crippen LogP contribution in [0.25, 0.3) is 11.0 Å². The molecular formula is C12H13NO4. The second kappa shape index (κ2) is 4.47. The zero-order chi connectivity index (χ0) is 12.4. The average Bonchev–Trinajstić information content (AvgIpc) is 2.36. The van der Waals surface area contributed by atoms with Crippen molar-refractivity contribution < 1.29 is 13.9 Å². The van der Waals surface area contributed by atoms with E-state index in [-0.39, 0.29) is 12.0 Å². The smallest absolute Gasteiger partial charge is 0.204 e. The Morgan fingerprint density at radius 1 is 1.29 bits per heavy atom. The maximum absolute atomic E-state index is 11.8. The van der Waals surface area contributed by atoms with Gasteiger partial charge >= 0.3 is 0 Å². The largest absolute Gasteiger partial charge is 0.493 e. The fraction of sp³-hybridized carbons (Fsp3) is 0.250. The molecule has 1 aromatic heterocycles. The monoisotopic (exact) mass is 235 g/mol. The summed E-state index contributed by atoms with van der Waals surface area (Å²) in [4.78, 5) is 11.8. The topological polar surface area (TPSA) is 74.7 Å². The van der Waals surface area contributed by atoms with Gasteiger partial charge in [-0.1, -0.05) is 0 Å². The van der Waals surface area contributed by atoms with Crippen molar-refractivity contribution in [1.82, 2.24) is 0 Å². The number of benzene rings is 1. The first-order valence-corrected chi connectivity index (χ1v) is 5.09. The van der Waals surface area contributed by atoms with Crippen molar-refractivity contribution in [3.63, 3.8) is 0 Å². The first kappa shape index (κ1) is 11.5. The van der Waals surface area contributed by atoms with Gasteiger partial charge in [0.15, 0.2) is 16.8 Å². The van der Waals surface area contributed by atoms with E-state index in [9.17, 15) is 4.79 Å². The van der Waals surface area contributed by atoms with E-state index >= 15 is 0 Å². The lowest BCUT2D eigenvalue weighted by atomic mass is 10.2. The molecule has 5 nitrogen and oxygen atoms in total. The molecule has 90 valence electrons. The van der Waals surface area contributed by atoms with Crippen LogP contribution in [-0.4, -0.2) is 14.2 Å². The fourth-order valence-corrected chi connectivity index (χ4v) is 1.68. The maximum Gasteiger partial charge on any atom is 0.204 e. The van der Waals surface area contributed by atoms with Crippen LogP contribution < -0.4 is 20.6 Å². The number of ether oxygens (including phenoxy) is 2. The zero-order valence-electron chi connectivity index (χ0n) is 9.65. The molecule has 1 heterocycles. The van der Waals surface area contributed by atoms with E-state index in [4.69, 9.17) is 19.6 Å². The SMILES string of the molecule is COc1ccc2c(=O)cc(CN)oc2c1OC. The molecule has 0 radical (unpaired) electrons. The van der Waals surface area contributed by atoms with Crippen LogP contribution in [0.2, 0.25) is 0 Å². The molecule has 5 heteroatoms. The van der Waals surface area contributed by atoms with Gasteiger partial charge in [0, 0.05) is 6.07 Å². The van der Waals surface area contributed by atoms with Crippen LogP contribution in [-0.2, 0) is 6.54 Å². The summed E-state index contributed by atoms with van der Waals surface area (Å²) in [5, 5.41) is 0.444. The molecule has 0 unspecified atom stereocenters. The second-order valence-electron chi connectivity index (χ2n) is 3.46. The quantitative estimate of drug-likeness (QED) is 0.867. The number of hydrogen-bond acceptors (Lipinski definition) is 5. The fourth-order valence-electron chi connectivity index (χ4n) is 1.68. The van der Waals surface area contributed by atoms with Crippen molar-refractivity contribution in [3.8, 4) is 11.5 Å². The lowest BCUT2D eigenvalue weighted by Gasteiger charge is -2.09. The van der Waals surface area contributed by atoms with Crippen LogP contribution in [0, 0.1) is 0 Å². The Morgan fingerprint density at radius 3 is 2.65 bits per heavy atom.